The fourth-order valence-electron chi connectivity index (χ4n) is 2.59. The highest BCUT2D eigenvalue weighted by atomic mass is 16.5. The number of terminal acetylenes is 1. The van der Waals surface area contributed by atoms with Crippen molar-refractivity contribution in [2.24, 2.45) is 0 Å². The van der Waals surface area contributed by atoms with E-state index < -0.39 is 12.1 Å². The van der Waals surface area contributed by atoms with Crippen LogP contribution in [0.1, 0.15) is 17.3 Å². The maximum atomic E-state index is 12.6. The first-order valence-electron chi connectivity index (χ1n) is 7.35. The first-order chi connectivity index (χ1) is 11.7. The molecule has 0 amide bonds. The number of nitrogens with zero attached hydrogens (tertiary/aromatic N) is 2. The van der Waals surface area contributed by atoms with Crippen molar-refractivity contribution in [2.75, 3.05) is 6.61 Å². The van der Waals surface area contributed by atoms with Gasteiger partial charge in [-0.25, -0.2) is 4.79 Å². The zero-order valence-corrected chi connectivity index (χ0v) is 13.0. The molecule has 0 saturated heterocycles. The van der Waals surface area contributed by atoms with Gasteiger partial charge in [0.25, 0.3) is 0 Å². The number of carbonyl (C=O) groups excluding carboxylic acids is 1. The van der Waals surface area contributed by atoms with Crippen LogP contribution < -0.4 is 4.74 Å². The third-order valence-corrected chi connectivity index (χ3v) is 3.64. The van der Waals surface area contributed by atoms with Gasteiger partial charge in [-0.1, -0.05) is 12.0 Å². The van der Waals surface area contributed by atoms with Gasteiger partial charge in [-0.3, -0.25) is 0 Å². The number of aromatic nitrogens is 1. The van der Waals surface area contributed by atoms with Gasteiger partial charge in [0.2, 0.25) is 0 Å². The van der Waals surface area contributed by atoms with Crippen molar-refractivity contribution in [1.29, 1.82) is 5.26 Å². The van der Waals surface area contributed by atoms with Crippen molar-refractivity contribution >= 4 is 22.4 Å². The number of pyridine rings is 1. The second kappa shape index (κ2) is 6.36. The number of hydrogen-bond donors (Lipinski definition) is 0. The van der Waals surface area contributed by atoms with E-state index in [1.165, 1.54) is 0 Å². The van der Waals surface area contributed by atoms with E-state index in [1.807, 2.05) is 34.9 Å². The van der Waals surface area contributed by atoms with Crippen LogP contribution in [-0.2, 0) is 4.74 Å². The lowest BCUT2D eigenvalue weighted by atomic mass is 10.1. The Labute approximate surface area is 139 Å². The largest absolute Gasteiger partial charge is 0.479 e. The Morgan fingerprint density at radius 1 is 1.33 bits per heavy atom. The van der Waals surface area contributed by atoms with Crippen molar-refractivity contribution in [2.45, 2.75) is 13.0 Å². The molecule has 1 unspecified atom stereocenters. The summed E-state index contributed by atoms with van der Waals surface area (Å²) < 4.78 is 12.5. The van der Waals surface area contributed by atoms with E-state index in [2.05, 4.69) is 5.92 Å². The molecule has 2 aromatic heterocycles. The number of esters is 1. The second-order valence-electron chi connectivity index (χ2n) is 5.17. The summed E-state index contributed by atoms with van der Waals surface area (Å²) in [4.78, 5) is 12.6. The topological polar surface area (TPSA) is 63.7 Å². The predicted octanol–water partition coefficient (Wildman–Crippen LogP) is 3.17. The molecular weight excluding hydrogens is 304 g/mol. The lowest BCUT2D eigenvalue weighted by Crippen LogP contribution is -2.13. The third kappa shape index (κ3) is 2.64. The minimum absolute atomic E-state index is 0.0383. The molecule has 0 N–H and O–H groups in total. The maximum Gasteiger partial charge on any atom is 0.342 e. The molecular formula is C19H14N2O3. The van der Waals surface area contributed by atoms with E-state index in [0.717, 1.165) is 16.4 Å². The normalized spacial score (nSPS) is 11.6. The summed E-state index contributed by atoms with van der Waals surface area (Å²) in [6.45, 7) is 1.61. The highest BCUT2D eigenvalue weighted by Gasteiger charge is 2.21. The zero-order chi connectivity index (χ0) is 17.1. The van der Waals surface area contributed by atoms with Gasteiger partial charge in [0.1, 0.15) is 11.8 Å². The molecule has 0 spiro atoms. The van der Waals surface area contributed by atoms with Crippen LogP contribution in [-0.4, -0.2) is 23.1 Å². The summed E-state index contributed by atoms with van der Waals surface area (Å²) in [5.41, 5.74) is 1.97. The summed E-state index contributed by atoms with van der Waals surface area (Å²) in [6.07, 6.45) is 6.54. The van der Waals surface area contributed by atoms with E-state index in [1.54, 1.807) is 25.1 Å². The molecule has 24 heavy (non-hydrogen) atoms. The second-order valence-corrected chi connectivity index (χ2v) is 5.17. The molecule has 0 radical (unpaired) electrons. The van der Waals surface area contributed by atoms with Crippen LogP contribution in [0.3, 0.4) is 0 Å². The summed E-state index contributed by atoms with van der Waals surface area (Å²) in [6, 6.07) is 12.8. The van der Waals surface area contributed by atoms with Gasteiger partial charge in [0.15, 0.2) is 12.7 Å². The Bertz CT molecular complexity index is 1010. The quantitative estimate of drug-likeness (QED) is 0.547. The lowest BCUT2D eigenvalue weighted by Gasteiger charge is -2.07. The molecule has 1 aromatic carbocycles. The average Bonchev–Trinajstić information content (AvgIpc) is 2.93. The van der Waals surface area contributed by atoms with Crippen molar-refractivity contribution in [3.8, 4) is 24.2 Å². The van der Waals surface area contributed by atoms with Crippen molar-refractivity contribution in [3.05, 3.63) is 48.2 Å². The molecule has 2 heterocycles. The van der Waals surface area contributed by atoms with Crippen molar-refractivity contribution < 1.29 is 14.3 Å². The Hall–Kier alpha value is -3.44. The van der Waals surface area contributed by atoms with Crippen molar-refractivity contribution in [3.63, 3.8) is 0 Å². The molecule has 3 aromatic rings. The highest BCUT2D eigenvalue weighted by Crippen LogP contribution is 2.30. The smallest absolute Gasteiger partial charge is 0.342 e. The standard InChI is InChI=1S/C19H14N2O3/c1-3-13(2)24-19(22)18-15-8-7-14(23-11-9-20)12-17(15)21-10-5-4-6-16(18)21/h1,4-8,10,12-13H,11H2,2H3. The molecule has 0 aliphatic carbocycles. The molecule has 3 rings (SSSR count). The van der Waals surface area contributed by atoms with Crippen molar-refractivity contribution in [1.82, 2.24) is 4.40 Å². The van der Waals surface area contributed by atoms with Crippen LogP contribution in [0.2, 0.25) is 0 Å². The van der Waals surface area contributed by atoms with Crippen LogP contribution in [0, 0.1) is 23.7 Å². The molecule has 5 nitrogen and oxygen atoms in total. The minimum atomic E-state index is -0.607. The molecule has 0 fully saturated rings. The molecule has 0 saturated carbocycles. The Morgan fingerprint density at radius 3 is 2.92 bits per heavy atom. The van der Waals surface area contributed by atoms with E-state index in [0.29, 0.717) is 11.3 Å². The monoisotopic (exact) mass is 318 g/mol. The number of ether oxygens (including phenoxy) is 2. The van der Waals surface area contributed by atoms with Gasteiger partial charge in [-0.2, -0.15) is 5.26 Å². The van der Waals surface area contributed by atoms with E-state index in [9.17, 15) is 4.79 Å². The molecule has 1 atom stereocenters. The summed E-state index contributed by atoms with van der Waals surface area (Å²) >= 11 is 0. The first kappa shape index (κ1) is 15.5. The highest BCUT2D eigenvalue weighted by molar-refractivity contribution is 6.12. The average molecular weight is 318 g/mol. The molecule has 0 bridgehead atoms. The number of benzene rings is 1. The zero-order valence-electron chi connectivity index (χ0n) is 13.0. The van der Waals surface area contributed by atoms with Gasteiger partial charge in [-0.15, -0.1) is 6.42 Å². The van der Waals surface area contributed by atoms with Gasteiger partial charge in [0.05, 0.1) is 16.6 Å². The van der Waals surface area contributed by atoms with Crippen LogP contribution >= 0.6 is 0 Å². The van der Waals surface area contributed by atoms with Crippen LogP contribution in [0.15, 0.2) is 42.6 Å². The number of hydrogen-bond acceptors (Lipinski definition) is 4. The Kier molecular flexibility index (Phi) is 4.09. The van der Waals surface area contributed by atoms with Crippen LogP contribution in [0.25, 0.3) is 16.4 Å². The van der Waals surface area contributed by atoms with Gasteiger partial charge in [0, 0.05) is 17.6 Å². The van der Waals surface area contributed by atoms with Crippen LogP contribution in [0.4, 0.5) is 0 Å². The fraction of sp³-hybridized carbons (Fsp3) is 0.158. The number of carbonyl (C=O) groups is 1. The van der Waals surface area contributed by atoms with E-state index in [4.69, 9.17) is 21.2 Å². The Balaban J connectivity index is 2.19. The number of fused-ring (bicyclic) bond motifs is 3. The summed E-state index contributed by atoms with van der Waals surface area (Å²) in [7, 11) is 0. The molecule has 5 heteroatoms. The Morgan fingerprint density at radius 2 is 2.17 bits per heavy atom. The molecule has 0 aliphatic heterocycles. The van der Waals surface area contributed by atoms with E-state index in [-0.39, 0.29) is 6.61 Å². The number of rotatable bonds is 4. The SMILES string of the molecule is C#CC(C)OC(=O)c1c2ccc(OCC#N)cc2n2ccccc12. The fourth-order valence-corrected chi connectivity index (χ4v) is 2.59. The lowest BCUT2D eigenvalue weighted by molar-refractivity contribution is 0.0443. The third-order valence-electron chi connectivity index (χ3n) is 3.64. The first-order valence-corrected chi connectivity index (χ1v) is 7.35. The van der Waals surface area contributed by atoms with Crippen LogP contribution in [0.5, 0.6) is 5.75 Å². The molecule has 0 aliphatic rings. The van der Waals surface area contributed by atoms with E-state index >= 15 is 0 Å². The molecule has 118 valence electrons. The summed E-state index contributed by atoms with van der Waals surface area (Å²) in [5, 5.41) is 9.38. The maximum absolute atomic E-state index is 12.6. The summed E-state index contributed by atoms with van der Waals surface area (Å²) in [5.74, 6) is 2.48. The van der Waals surface area contributed by atoms with Gasteiger partial charge < -0.3 is 13.9 Å². The van der Waals surface area contributed by atoms with Gasteiger partial charge in [-0.05, 0) is 31.2 Å². The number of nitriles is 1. The minimum Gasteiger partial charge on any atom is -0.479 e. The predicted molar refractivity (Wildman–Crippen MR) is 89.7 cm³/mol. The van der Waals surface area contributed by atoms with Gasteiger partial charge >= 0.3 is 5.97 Å².